The molecule has 2 N–H and O–H groups in total. The Bertz CT molecular complexity index is 700. The van der Waals surface area contributed by atoms with Gasteiger partial charge in [0.15, 0.2) is 0 Å². The molecule has 0 aromatic carbocycles. The molecule has 0 spiro atoms. The maximum Gasteiger partial charge on any atom is 0.236 e. The Balaban J connectivity index is 5.25. The van der Waals surface area contributed by atoms with Gasteiger partial charge in [-0.15, -0.1) is 0 Å². The molecule has 0 heterocycles. The molecule has 37 heavy (non-hydrogen) atoms. The van der Waals surface area contributed by atoms with E-state index in [1.54, 1.807) is 76.0 Å². The number of amides is 4. The smallest absolute Gasteiger partial charge is 0.236 e. The fourth-order valence-corrected chi connectivity index (χ4v) is 3.39. The highest BCUT2D eigenvalue weighted by molar-refractivity contribution is 5.78. The third kappa shape index (κ3) is 16.2. The first-order valence-electron chi connectivity index (χ1n) is 13.0. The van der Waals surface area contributed by atoms with Crippen LogP contribution in [0.5, 0.6) is 0 Å². The average Bonchev–Trinajstić information content (AvgIpc) is 2.82. The van der Waals surface area contributed by atoms with Gasteiger partial charge in [-0.2, -0.15) is 0 Å². The quantitative estimate of drug-likeness (QED) is 0.199. The number of carbonyl (C=O) groups excluding carboxylic acids is 4. The molecule has 4 amide bonds. The summed E-state index contributed by atoms with van der Waals surface area (Å²) in [5.41, 5.74) is 5.76. The molecule has 0 aromatic heterocycles. The highest BCUT2D eigenvalue weighted by Crippen LogP contribution is 2.04. The normalized spacial score (nSPS) is 11.2. The van der Waals surface area contributed by atoms with Gasteiger partial charge in [-0.05, 0) is 19.4 Å². The average molecular weight is 529 g/mol. The molecule has 0 aliphatic heterocycles. The summed E-state index contributed by atoms with van der Waals surface area (Å²) >= 11 is 0. The van der Waals surface area contributed by atoms with E-state index >= 15 is 0 Å². The van der Waals surface area contributed by atoms with Crippen molar-refractivity contribution in [1.82, 2.24) is 34.3 Å². The first-order chi connectivity index (χ1) is 17.3. The molecule has 0 atom stereocenters. The zero-order valence-corrected chi connectivity index (χ0v) is 24.5. The fraction of sp³-hybridized carbons (Fsp3) is 0.840. The second kappa shape index (κ2) is 18.9. The van der Waals surface area contributed by atoms with E-state index < -0.39 is 0 Å². The van der Waals surface area contributed by atoms with Gasteiger partial charge in [0, 0.05) is 102 Å². The zero-order chi connectivity index (χ0) is 28.5. The van der Waals surface area contributed by atoms with Crippen LogP contribution < -0.4 is 5.73 Å². The molecular weight excluding hydrogens is 476 g/mol. The van der Waals surface area contributed by atoms with E-state index in [0.29, 0.717) is 52.2 Å². The second-order valence-electron chi connectivity index (χ2n) is 10.2. The van der Waals surface area contributed by atoms with Crippen molar-refractivity contribution < 1.29 is 19.2 Å². The van der Waals surface area contributed by atoms with Gasteiger partial charge in [0.1, 0.15) is 0 Å². The van der Waals surface area contributed by atoms with Crippen molar-refractivity contribution in [3.8, 4) is 0 Å². The van der Waals surface area contributed by atoms with Gasteiger partial charge < -0.3 is 25.3 Å². The van der Waals surface area contributed by atoms with Gasteiger partial charge in [0.05, 0.1) is 19.6 Å². The summed E-state index contributed by atoms with van der Waals surface area (Å²) in [6.45, 7) is 4.90. The zero-order valence-electron chi connectivity index (χ0n) is 24.5. The SMILES string of the molecule is CN(C)C(=O)CCCCN(CCN(CCN(CCN)CC(=O)N(C)C)CC(=O)N(C)C)CC(=O)N(C)C. The van der Waals surface area contributed by atoms with Crippen molar-refractivity contribution >= 4 is 23.6 Å². The lowest BCUT2D eigenvalue weighted by Crippen LogP contribution is -2.47. The van der Waals surface area contributed by atoms with Crippen molar-refractivity contribution in [1.29, 1.82) is 0 Å². The molecule has 0 aliphatic rings. The number of unbranched alkanes of at least 4 members (excludes halogenated alkanes) is 1. The summed E-state index contributed by atoms with van der Waals surface area (Å²) in [7, 11) is 13.9. The van der Waals surface area contributed by atoms with E-state index in [0.717, 1.165) is 12.8 Å². The molecule has 216 valence electrons. The first-order valence-corrected chi connectivity index (χ1v) is 13.0. The van der Waals surface area contributed by atoms with E-state index in [9.17, 15) is 19.2 Å². The largest absolute Gasteiger partial charge is 0.349 e. The Hall–Kier alpha value is -2.28. The minimum Gasteiger partial charge on any atom is -0.349 e. The van der Waals surface area contributed by atoms with E-state index in [1.165, 1.54) is 0 Å². The molecule has 0 rings (SSSR count). The third-order valence-electron chi connectivity index (χ3n) is 6.10. The van der Waals surface area contributed by atoms with Crippen LogP contribution in [0.1, 0.15) is 19.3 Å². The van der Waals surface area contributed by atoms with Crippen LogP contribution in [0.15, 0.2) is 0 Å². The Morgan fingerprint density at radius 3 is 1.11 bits per heavy atom. The standard InChI is InChI=1S/C25H52N8O4/c1-27(2)22(34)11-9-10-13-31(19-23(35)28(3)4)15-17-33(21-25(37)30(7)8)18-16-32(14-12-26)20-24(36)29(5)6/h9-21,26H2,1-8H3. The molecular formula is C25H52N8O4. The van der Waals surface area contributed by atoms with Crippen molar-refractivity contribution in [3.05, 3.63) is 0 Å². The Kier molecular flexibility index (Phi) is 17.7. The fourth-order valence-electron chi connectivity index (χ4n) is 3.39. The van der Waals surface area contributed by atoms with Crippen LogP contribution in [-0.4, -0.2) is 180 Å². The topological polar surface area (TPSA) is 117 Å². The minimum absolute atomic E-state index is 0.00508. The van der Waals surface area contributed by atoms with Crippen LogP contribution in [0.25, 0.3) is 0 Å². The lowest BCUT2D eigenvalue weighted by Gasteiger charge is -2.30. The van der Waals surface area contributed by atoms with Crippen molar-refractivity contribution in [3.63, 3.8) is 0 Å². The predicted octanol–water partition coefficient (Wildman–Crippen LogP) is -1.63. The molecule has 12 heteroatoms. The van der Waals surface area contributed by atoms with Crippen LogP contribution in [0.2, 0.25) is 0 Å². The van der Waals surface area contributed by atoms with E-state index in [-0.39, 0.29) is 43.3 Å². The van der Waals surface area contributed by atoms with E-state index in [4.69, 9.17) is 5.73 Å². The monoisotopic (exact) mass is 528 g/mol. The number of hydrogen-bond acceptors (Lipinski definition) is 8. The van der Waals surface area contributed by atoms with Crippen LogP contribution in [0.4, 0.5) is 0 Å². The molecule has 0 aromatic rings. The molecule has 0 bridgehead atoms. The number of likely N-dealkylation sites (N-methyl/N-ethyl adjacent to an activating group) is 3. The summed E-state index contributed by atoms with van der Waals surface area (Å²) < 4.78 is 0. The van der Waals surface area contributed by atoms with Crippen molar-refractivity contribution in [2.45, 2.75) is 19.3 Å². The molecule has 12 nitrogen and oxygen atoms in total. The van der Waals surface area contributed by atoms with Gasteiger partial charge in [-0.25, -0.2) is 0 Å². The second-order valence-corrected chi connectivity index (χ2v) is 10.2. The summed E-state index contributed by atoms with van der Waals surface area (Å²) in [6.07, 6.45) is 2.03. The highest BCUT2D eigenvalue weighted by atomic mass is 16.2. The number of nitrogens with two attached hydrogens (primary N) is 1. The Morgan fingerprint density at radius 1 is 0.459 bits per heavy atom. The minimum atomic E-state index is -0.00661. The Morgan fingerprint density at radius 2 is 0.784 bits per heavy atom. The van der Waals surface area contributed by atoms with Crippen LogP contribution in [-0.2, 0) is 19.2 Å². The number of hydrogen-bond donors (Lipinski definition) is 1. The summed E-state index contributed by atoms with van der Waals surface area (Å²) in [6, 6.07) is 0. The number of rotatable bonds is 19. The number of carbonyl (C=O) groups is 4. The van der Waals surface area contributed by atoms with Gasteiger partial charge in [0.25, 0.3) is 0 Å². The van der Waals surface area contributed by atoms with Crippen molar-refractivity contribution in [2.24, 2.45) is 5.73 Å². The lowest BCUT2D eigenvalue weighted by atomic mass is 10.2. The van der Waals surface area contributed by atoms with Crippen LogP contribution >= 0.6 is 0 Å². The summed E-state index contributed by atoms with van der Waals surface area (Å²) in [5.74, 6) is 0.106. The maximum absolute atomic E-state index is 12.5. The lowest BCUT2D eigenvalue weighted by molar-refractivity contribution is -0.131. The van der Waals surface area contributed by atoms with Gasteiger partial charge in [-0.3, -0.25) is 33.9 Å². The van der Waals surface area contributed by atoms with Gasteiger partial charge in [0.2, 0.25) is 23.6 Å². The number of nitrogens with zero attached hydrogens (tertiary/aromatic N) is 7. The van der Waals surface area contributed by atoms with E-state index in [2.05, 4.69) is 9.80 Å². The van der Waals surface area contributed by atoms with Crippen LogP contribution in [0.3, 0.4) is 0 Å². The summed E-state index contributed by atoms with van der Waals surface area (Å²) in [4.78, 5) is 61.5. The molecule has 0 saturated carbocycles. The highest BCUT2D eigenvalue weighted by Gasteiger charge is 2.19. The molecule has 0 aliphatic carbocycles. The third-order valence-corrected chi connectivity index (χ3v) is 6.10. The first kappa shape index (κ1) is 34.7. The van der Waals surface area contributed by atoms with Crippen molar-refractivity contribution in [2.75, 3.05) is 122 Å². The molecule has 0 unspecified atom stereocenters. The Labute approximate surface area is 224 Å². The van der Waals surface area contributed by atoms with Gasteiger partial charge >= 0.3 is 0 Å². The molecule has 0 saturated heterocycles. The molecule has 0 fully saturated rings. The maximum atomic E-state index is 12.5. The van der Waals surface area contributed by atoms with Crippen LogP contribution in [0, 0.1) is 0 Å². The predicted molar refractivity (Wildman–Crippen MR) is 147 cm³/mol. The van der Waals surface area contributed by atoms with Gasteiger partial charge in [-0.1, -0.05) is 0 Å². The van der Waals surface area contributed by atoms with E-state index in [1.807, 2.05) is 4.90 Å². The molecule has 0 radical (unpaired) electrons. The summed E-state index contributed by atoms with van der Waals surface area (Å²) in [5, 5.41) is 0.